The number of urea groups is 1. The quantitative estimate of drug-likeness (QED) is 0.330. The second kappa shape index (κ2) is 10.2. The molecule has 3 aromatic carbocycles. The smallest absolute Gasteiger partial charge is 0.322 e. The minimum Gasteiger partial charge on any atom is -0.345 e. The predicted octanol–water partition coefficient (Wildman–Crippen LogP) is 6.83. The van der Waals surface area contributed by atoms with Crippen LogP contribution in [0.4, 0.5) is 10.5 Å². The van der Waals surface area contributed by atoms with Gasteiger partial charge in [-0.15, -0.1) is 0 Å². The monoisotopic (exact) mass is 425 g/mol. The Hall–Kier alpha value is -3.53. The van der Waals surface area contributed by atoms with Crippen LogP contribution in [0.15, 0.2) is 85.1 Å². The first-order valence-electron chi connectivity index (χ1n) is 11.4. The summed E-state index contributed by atoms with van der Waals surface area (Å²) < 4.78 is 2.24. The van der Waals surface area contributed by atoms with Crippen LogP contribution in [0.1, 0.15) is 36.6 Å². The van der Waals surface area contributed by atoms with Gasteiger partial charge in [-0.3, -0.25) is 0 Å². The maximum absolute atomic E-state index is 13.3. The topological polar surface area (TPSA) is 37.3 Å². The number of hydrogen-bond acceptors (Lipinski definition) is 1. The van der Waals surface area contributed by atoms with Gasteiger partial charge in [-0.1, -0.05) is 79.6 Å². The summed E-state index contributed by atoms with van der Waals surface area (Å²) in [6.07, 6.45) is 4.11. The zero-order valence-corrected chi connectivity index (χ0v) is 18.9. The number of carbonyl (C=O) groups excluding carboxylic acids is 1. The lowest BCUT2D eigenvalue weighted by atomic mass is 10.1. The molecule has 1 heterocycles. The molecule has 0 unspecified atom stereocenters. The van der Waals surface area contributed by atoms with Crippen LogP contribution in [0.5, 0.6) is 0 Å². The van der Waals surface area contributed by atoms with E-state index in [0.29, 0.717) is 6.54 Å². The molecule has 1 aromatic heterocycles. The summed E-state index contributed by atoms with van der Waals surface area (Å²) >= 11 is 0. The van der Waals surface area contributed by atoms with Gasteiger partial charge in [-0.25, -0.2) is 4.79 Å². The molecule has 0 aliphatic carbocycles. The summed E-state index contributed by atoms with van der Waals surface area (Å²) in [5.41, 5.74) is 4.51. The van der Waals surface area contributed by atoms with Crippen LogP contribution in [0.3, 0.4) is 0 Å². The molecule has 0 fully saturated rings. The van der Waals surface area contributed by atoms with Crippen LogP contribution in [0, 0.1) is 6.92 Å². The molecule has 0 saturated heterocycles. The summed E-state index contributed by atoms with van der Waals surface area (Å²) in [5, 5.41) is 5.34. The predicted molar refractivity (Wildman–Crippen MR) is 133 cm³/mol. The molecule has 0 bridgehead atoms. The number of benzene rings is 3. The van der Waals surface area contributed by atoms with Crippen LogP contribution in [0.25, 0.3) is 10.8 Å². The van der Waals surface area contributed by atoms with Crippen molar-refractivity contribution in [3.05, 3.63) is 102 Å². The van der Waals surface area contributed by atoms with Crippen LogP contribution in [-0.2, 0) is 13.1 Å². The molecular weight excluding hydrogens is 394 g/mol. The first-order chi connectivity index (χ1) is 15.6. The molecule has 2 amide bonds. The van der Waals surface area contributed by atoms with Crippen LogP contribution >= 0.6 is 0 Å². The number of aromatic nitrogens is 1. The number of carbonyl (C=O) groups is 1. The van der Waals surface area contributed by atoms with Crippen molar-refractivity contribution >= 4 is 22.5 Å². The van der Waals surface area contributed by atoms with Crippen molar-refractivity contribution in [2.24, 2.45) is 0 Å². The third kappa shape index (κ3) is 5.20. The summed E-state index contributed by atoms with van der Waals surface area (Å²) in [6.45, 7) is 6.38. The number of aryl methyl sites for hydroxylation is 1. The molecule has 4 heteroatoms. The standard InChI is InChI=1S/C28H31N3O/c1-3-4-17-31(28(32)29-27-16-8-13-24-12-5-6-15-26(24)27)21-25-14-9-18-30(25)20-23-11-7-10-22(2)19-23/h5-16,18-19H,3-4,17,20-21H2,1-2H3,(H,29,32). The second-order valence-corrected chi connectivity index (χ2v) is 8.35. The van der Waals surface area contributed by atoms with Gasteiger partial charge in [0, 0.05) is 30.4 Å². The fourth-order valence-corrected chi connectivity index (χ4v) is 4.08. The highest BCUT2D eigenvalue weighted by molar-refractivity contribution is 6.01. The van der Waals surface area contributed by atoms with Gasteiger partial charge in [0.2, 0.25) is 0 Å². The molecular formula is C28H31N3O. The van der Waals surface area contributed by atoms with Crippen LogP contribution in [0.2, 0.25) is 0 Å². The maximum Gasteiger partial charge on any atom is 0.322 e. The van der Waals surface area contributed by atoms with Gasteiger partial charge in [0.1, 0.15) is 0 Å². The first-order valence-corrected chi connectivity index (χ1v) is 11.4. The maximum atomic E-state index is 13.3. The average molecular weight is 426 g/mol. The Bertz CT molecular complexity index is 1190. The molecule has 0 saturated carbocycles. The molecule has 32 heavy (non-hydrogen) atoms. The largest absolute Gasteiger partial charge is 0.345 e. The highest BCUT2D eigenvalue weighted by atomic mass is 16.2. The van der Waals surface area contributed by atoms with Gasteiger partial charge in [0.05, 0.1) is 12.2 Å². The Balaban J connectivity index is 1.53. The molecule has 0 aliphatic rings. The second-order valence-electron chi connectivity index (χ2n) is 8.35. The third-order valence-electron chi connectivity index (χ3n) is 5.81. The summed E-state index contributed by atoms with van der Waals surface area (Å²) in [7, 11) is 0. The number of nitrogens with one attached hydrogen (secondary N) is 1. The number of unbranched alkanes of at least 4 members (excludes halogenated alkanes) is 1. The van der Waals surface area contributed by atoms with Crippen molar-refractivity contribution in [2.45, 2.75) is 39.8 Å². The van der Waals surface area contributed by atoms with E-state index in [-0.39, 0.29) is 6.03 Å². The fourth-order valence-electron chi connectivity index (χ4n) is 4.08. The van der Waals surface area contributed by atoms with Gasteiger partial charge >= 0.3 is 6.03 Å². The molecule has 4 aromatic rings. The zero-order valence-electron chi connectivity index (χ0n) is 18.9. The summed E-state index contributed by atoms with van der Waals surface area (Å²) in [5.74, 6) is 0. The number of nitrogens with zero attached hydrogens (tertiary/aromatic N) is 2. The number of amides is 2. The highest BCUT2D eigenvalue weighted by Crippen LogP contribution is 2.23. The lowest BCUT2D eigenvalue weighted by molar-refractivity contribution is 0.207. The number of fused-ring (bicyclic) bond motifs is 1. The van der Waals surface area contributed by atoms with E-state index in [0.717, 1.165) is 48.1 Å². The zero-order chi connectivity index (χ0) is 22.3. The lowest BCUT2D eigenvalue weighted by Crippen LogP contribution is -2.36. The van der Waals surface area contributed by atoms with Gasteiger partial charge < -0.3 is 14.8 Å². The number of hydrogen-bond donors (Lipinski definition) is 1. The number of rotatable bonds is 8. The van der Waals surface area contributed by atoms with Crippen molar-refractivity contribution in [3.8, 4) is 0 Å². The van der Waals surface area contributed by atoms with Gasteiger partial charge in [-0.2, -0.15) is 0 Å². The Morgan fingerprint density at radius 2 is 1.78 bits per heavy atom. The summed E-state index contributed by atoms with van der Waals surface area (Å²) in [4.78, 5) is 15.2. The molecule has 4 rings (SSSR count). The van der Waals surface area contributed by atoms with E-state index in [9.17, 15) is 4.79 Å². The SMILES string of the molecule is CCCCN(Cc1cccn1Cc1cccc(C)c1)C(=O)Nc1cccc2ccccc12. The molecule has 4 nitrogen and oxygen atoms in total. The third-order valence-corrected chi connectivity index (χ3v) is 5.81. The number of anilines is 1. The van der Waals surface area contributed by atoms with Crippen molar-refractivity contribution in [2.75, 3.05) is 11.9 Å². The Morgan fingerprint density at radius 3 is 2.62 bits per heavy atom. The van der Waals surface area contributed by atoms with E-state index >= 15 is 0 Å². The molecule has 0 aliphatic heterocycles. The molecule has 164 valence electrons. The molecule has 0 spiro atoms. The Morgan fingerprint density at radius 1 is 0.969 bits per heavy atom. The lowest BCUT2D eigenvalue weighted by Gasteiger charge is -2.24. The van der Waals surface area contributed by atoms with Gasteiger partial charge in [-0.05, 0) is 42.5 Å². The van der Waals surface area contributed by atoms with Crippen molar-refractivity contribution < 1.29 is 4.79 Å². The minimum absolute atomic E-state index is 0.0573. The fraction of sp³-hybridized carbons (Fsp3) is 0.250. The molecule has 0 atom stereocenters. The van der Waals surface area contributed by atoms with Crippen molar-refractivity contribution in [1.29, 1.82) is 0 Å². The highest BCUT2D eigenvalue weighted by Gasteiger charge is 2.16. The van der Waals surface area contributed by atoms with Crippen LogP contribution in [-0.4, -0.2) is 22.0 Å². The van der Waals surface area contributed by atoms with E-state index in [1.807, 2.05) is 35.2 Å². The van der Waals surface area contributed by atoms with Gasteiger partial charge in [0.25, 0.3) is 0 Å². The Kier molecular flexibility index (Phi) is 6.90. The van der Waals surface area contributed by atoms with E-state index in [1.54, 1.807) is 0 Å². The van der Waals surface area contributed by atoms with Crippen LogP contribution < -0.4 is 5.32 Å². The normalized spacial score (nSPS) is 10.9. The van der Waals surface area contributed by atoms with Crippen molar-refractivity contribution in [1.82, 2.24) is 9.47 Å². The minimum atomic E-state index is -0.0573. The van der Waals surface area contributed by atoms with Crippen molar-refractivity contribution in [3.63, 3.8) is 0 Å². The van der Waals surface area contributed by atoms with Gasteiger partial charge in [0.15, 0.2) is 0 Å². The molecule has 0 radical (unpaired) electrons. The summed E-state index contributed by atoms with van der Waals surface area (Å²) in [6, 6.07) is 26.9. The Labute approximate surface area is 190 Å². The van der Waals surface area contributed by atoms with E-state index in [4.69, 9.17) is 0 Å². The molecule has 1 N–H and O–H groups in total. The van der Waals surface area contributed by atoms with E-state index < -0.39 is 0 Å². The average Bonchev–Trinajstić information content (AvgIpc) is 3.23. The van der Waals surface area contributed by atoms with E-state index in [2.05, 4.69) is 78.5 Å². The first kappa shape index (κ1) is 21.7. The van der Waals surface area contributed by atoms with E-state index in [1.165, 1.54) is 11.1 Å².